The molecule has 0 bridgehead atoms. The molecular formula is C18H21F3N4O3. The van der Waals surface area contributed by atoms with E-state index in [1.165, 1.54) is 0 Å². The van der Waals surface area contributed by atoms with Gasteiger partial charge in [0.05, 0.1) is 6.04 Å². The van der Waals surface area contributed by atoms with Gasteiger partial charge in [-0.3, -0.25) is 0 Å². The molecule has 1 aliphatic rings. The number of rotatable bonds is 3. The quantitative estimate of drug-likeness (QED) is 0.783. The molecule has 0 aliphatic carbocycles. The van der Waals surface area contributed by atoms with Crippen LogP contribution in [0, 0.1) is 0 Å². The summed E-state index contributed by atoms with van der Waals surface area (Å²) in [5.41, 5.74) is 0.739. The van der Waals surface area contributed by atoms with Gasteiger partial charge < -0.3 is 19.1 Å². The third kappa shape index (κ3) is 4.37. The van der Waals surface area contributed by atoms with Crippen LogP contribution in [0.25, 0.3) is 11.4 Å². The molecular weight excluding hydrogens is 377 g/mol. The molecule has 2 aromatic rings. The summed E-state index contributed by atoms with van der Waals surface area (Å²) in [7, 11) is 1.89. The van der Waals surface area contributed by atoms with Crippen LogP contribution in [-0.4, -0.2) is 52.9 Å². The van der Waals surface area contributed by atoms with E-state index in [1.807, 2.05) is 32.7 Å². The van der Waals surface area contributed by atoms with Crippen molar-refractivity contribution in [3.63, 3.8) is 0 Å². The Bertz CT molecular complexity index is 837. The van der Waals surface area contributed by atoms with Crippen molar-refractivity contribution in [2.45, 2.75) is 38.6 Å². The molecule has 152 valence electrons. The number of ether oxygens (including phenoxy) is 1. The van der Waals surface area contributed by atoms with Gasteiger partial charge in [0.1, 0.15) is 5.60 Å². The molecule has 1 aromatic heterocycles. The van der Waals surface area contributed by atoms with Crippen LogP contribution in [0.3, 0.4) is 0 Å². The van der Waals surface area contributed by atoms with Gasteiger partial charge in [0.2, 0.25) is 5.82 Å². The minimum absolute atomic E-state index is 0.124. The summed E-state index contributed by atoms with van der Waals surface area (Å²) in [6.07, 6.45) is -5.01. The van der Waals surface area contributed by atoms with Crippen molar-refractivity contribution >= 4 is 11.8 Å². The summed E-state index contributed by atoms with van der Waals surface area (Å²) in [6.45, 7) is 6.52. The van der Waals surface area contributed by atoms with Gasteiger partial charge >= 0.3 is 18.2 Å². The zero-order valence-electron chi connectivity index (χ0n) is 15.9. The molecule has 0 spiro atoms. The van der Waals surface area contributed by atoms with Crippen molar-refractivity contribution in [3.8, 4) is 11.4 Å². The number of benzene rings is 1. The largest absolute Gasteiger partial charge is 0.471 e. The Morgan fingerprint density at radius 2 is 1.82 bits per heavy atom. The van der Waals surface area contributed by atoms with Crippen LogP contribution < -0.4 is 4.90 Å². The number of alkyl halides is 3. The lowest BCUT2D eigenvalue weighted by molar-refractivity contribution is -0.159. The molecule has 2 heterocycles. The number of halogens is 3. The summed E-state index contributed by atoms with van der Waals surface area (Å²) < 4.78 is 47.3. The van der Waals surface area contributed by atoms with Crippen molar-refractivity contribution < 1.29 is 27.2 Å². The number of amides is 1. The minimum Gasteiger partial charge on any atom is -0.444 e. The fraction of sp³-hybridized carbons (Fsp3) is 0.500. The van der Waals surface area contributed by atoms with Crippen molar-refractivity contribution in [2.75, 3.05) is 25.0 Å². The first-order valence-corrected chi connectivity index (χ1v) is 8.66. The molecule has 0 unspecified atom stereocenters. The number of hydrogen-bond donors (Lipinski definition) is 0. The Balaban J connectivity index is 1.60. The second-order valence-electron chi connectivity index (χ2n) is 7.62. The van der Waals surface area contributed by atoms with Crippen LogP contribution in [0.15, 0.2) is 28.8 Å². The van der Waals surface area contributed by atoms with Gasteiger partial charge in [-0.15, -0.1) is 0 Å². The van der Waals surface area contributed by atoms with Crippen molar-refractivity contribution in [1.82, 2.24) is 15.0 Å². The number of carbonyl (C=O) groups is 1. The molecule has 28 heavy (non-hydrogen) atoms. The average Bonchev–Trinajstić information content (AvgIpc) is 3.02. The third-order valence-electron chi connectivity index (χ3n) is 4.26. The predicted octanol–water partition coefficient (Wildman–Crippen LogP) is 3.81. The number of aromatic nitrogens is 2. The monoisotopic (exact) mass is 398 g/mol. The van der Waals surface area contributed by atoms with E-state index in [9.17, 15) is 18.0 Å². The van der Waals surface area contributed by atoms with Crippen LogP contribution in [0.4, 0.5) is 23.7 Å². The van der Waals surface area contributed by atoms with Crippen LogP contribution >= 0.6 is 0 Å². The second kappa shape index (κ2) is 6.99. The minimum atomic E-state index is -4.67. The SMILES string of the molecule is CN(c1ccc(-c2noc(C(F)(F)F)n2)cc1)C1CN(C(=O)OC(C)(C)C)C1. The van der Waals surface area contributed by atoms with Gasteiger partial charge in [-0.05, 0) is 45.0 Å². The Hall–Kier alpha value is -2.78. The highest BCUT2D eigenvalue weighted by Gasteiger charge is 2.39. The molecule has 7 nitrogen and oxygen atoms in total. The van der Waals surface area contributed by atoms with E-state index in [2.05, 4.69) is 14.7 Å². The standard InChI is InChI=1S/C18H21F3N4O3/c1-17(2,3)27-16(26)25-9-13(10-25)24(4)12-7-5-11(6-8-12)14-22-15(28-23-14)18(19,20)21/h5-8,13H,9-10H2,1-4H3. The Kier molecular flexibility index (Phi) is 4.99. The first kappa shape index (κ1) is 20.0. The van der Waals surface area contributed by atoms with Crippen molar-refractivity contribution in [1.29, 1.82) is 0 Å². The molecule has 1 saturated heterocycles. The summed E-state index contributed by atoms with van der Waals surface area (Å²) in [4.78, 5) is 19.0. The van der Waals surface area contributed by atoms with Crippen LogP contribution in [0.2, 0.25) is 0 Å². The molecule has 0 atom stereocenters. The number of likely N-dealkylation sites (N-methyl/N-ethyl adjacent to an activating group) is 1. The lowest BCUT2D eigenvalue weighted by Gasteiger charge is -2.44. The third-order valence-corrected chi connectivity index (χ3v) is 4.26. The van der Waals surface area contributed by atoms with Crippen LogP contribution in [0.1, 0.15) is 26.7 Å². The Morgan fingerprint density at radius 3 is 2.32 bits per heavy atom. The zero-order valence-corrected chi connectivity index (χ0v) is 15.9. The first-order chi connectivity index (χ1) is 12.9. The number of anilines is 1. The van der Waals surface area contributed by atoms with Gasteiger partial charge in [0.15, 0.2) is 0 Å². The highest BCUT2D eigenvalue weighted by molar-refractivity contribution is 5.70. The van der Waals surface area contributed by atoms with E-state index in [4.69, 9.17) is 4.74 Å². The Labute approximate surface area is 160 Å². The molecule has 0 radical (unpaired) electrons. The van der Waals surface area contributed by atoms with Crippen molar-refractivity contribution in [2.24, 2.45) is 0 Å². The maximum atomic E-state index is 12.6. The normalized spacial score (nSPS) is 15.3. The predicted molar refractivity (Wildman–Crippen MR) is 94.7 cm³/mol. The smallest absolute Gasteiger partial charge is 0.444 e. The summed E-state index contributed by atoms with van der Waals surface area (Å²) in [5, 5.41) is 3.37. The topological polar surface area (TPSA) is 71.7 Å². The van der Waals surface area contributed by atoms with E-state index in [-0.39, 0.29) is 18.0 Å². The van der Waals surface area contributed by atoms with Crippen LogP contribution in [-0.2, 0) is 10.9 Å². The maximum Gasteiger partial charge on any atom is 0.471 e. The molecule has 1 fully saturated rings. The number of nitrogens with zero attached hydrogens (tertiary/aromatic N) is 4. The van der Waals surface area contributed by atoms with Crippen LogP contribution in [0.5, 0.6) is 0 Å². The molecule has 3 rings (SSSR count). The van der Waals surface area contributed by atoms with Gasteiger partial charge in [-0.1, -0.05) is 5.16 Å². The van der Waals surface area contributed by atoms with Crippen molar-refractivity contribution in [3.05, 3.63) is 30.2 Å². The van der Waals surface area contributed by atoms with E-state index in [0.717, 1.165) is 5.69 Å². The molecule has 10 heteroatoms. The Morgan fingerprint density at radius 1 is 1.21 bits per heavy atom. The average molecular weight is 398 g/mol. The lowest BCUT2D eigenvalue weighted by atomic mass is 10.1. The van der Waals surface area contributed by atoms with E-state index in [0.29, 0.717) is 18.7 Å². The van der Waals surface area contributed by atoms with Gasteiger partial charge in [0.25, 0.3) is 0 Å². The zero-order chi connectivity index (χ0) is 20.7. The number of carbonyl (C=O) groups excluding carboxylic acids is 1. The fourth-order valence-corrected chi connectivity index (χ4v) is 2.69. The fourth-order valence-electron chi connectivity index (χ4n) is 2.69. The maximum absolute atomic E-state index is 12.6. The molecule has 0 N–H and O–H groups in total. The molecule has 1 amide bonds. The summed E-state index contributed by atoms with van der Waals surface area (Å²) >= 11 is 0. The highest BCUT2D eigenvalue weighted by Crippen LogP contribution is 2.30. The highest BCUT2D eigenvalue weighted by atomic mass is 19.4. The van der Waals surface area contributed by atoms with E-state index < -0.39 is 17.7 Å². The summed E-state index contributed by atoms with van der Waals surface area (Å²) in [5.74, 6) is -1.50. The number of hydrogen-bond acceptors (Lipinski definition) is 6. The molecule has 1 aromatic carbocycles. The number of likely N-dealkylation sites (tertiary alicyclic amines) is 1. The van der Waals surface area contributed by atoms with Gasteiger partial charge in [0, 0.05) is 31.4 Å². The molecule has 1 aliphatic heterocycles. The van der Waals surface area contributed by atoms with Gasteiger partial charge in [-0.25, -0.2) is 4.79 Å². The van der Waals surface area contributed by atoms with E-state index >= 15 is 0 Å². The second-order valence-corrected chi connectivity index (χ2v) is 7.62. The van der Waals surface area contributed by atoms with Gasteiger partial charge in [-0.2, -0.15) is 18.2 Å². The molecule has 0 saturated carbocycles. The van der Waals surface area contributed by atoms with E-state index in [1.54, 1.807) is 29.2 Å². The summed E-state index contributed by atoms with van der Waals surface area (Å²) in [6, 6.07) is 6.90. The lowest BCUT2D eigenvalue weighted by Crippen LogP contribution is -2.61. The first-order valence-electron chi connectivity index (χ1n) is 8.66.